The zero-order valence-electron chi connectivity index (χ0n) is 29.5. The Morgan fingerprint density at radius 2 is 0.500 bits per heavy atom. The molecule has 0 aliphatic heterocycles. The zero-order valence-corrected chi connectivity index (χ0v) is 29.5. The van der Waals surface area contributed by atoms with Gasteiger partial charge in [-0.1, -0.05) is 158 Å². The number of benzene rings is 6. The van der Waals surface area contributed by atoms with Crippen LogP contribution >= 0.6 is 0 Å². The predicted octanol–water partition coefficient (Wildman–Crippen LogP) is 9.49. The second-order valence-corrected chi connectivity index (χ2v) is 11.9. The summed E-state index contributed by atoms with van der Waals surface area (Å²) in [6, 6.07) is 45.3. The molecule has 0 atom stereocenters. The molecule has 0 fully saturated rings. The van der Waals surface area contributed by atoms with Crippen LogP contribution in [0.15, 0.2) is 158 Å². The SMILES string of the molecule is Cc1cccc(C(=O)C(=O)c2ccccc2)c1C.Cc1cccc(C(=O)C(=O)c2ccccc2)c1C.O=C(C(=O)c1ccccc1)c1ccccc1. The van der Waals surface area contributed by atoms with Gasteiger partial charge in [-0.05, 0) is 49.9 Å². The molecule has 0 aliphatic carbocycles. The maximum Gasteiger partial charge on any atom is 0.233 e. The van der Waals surface area contributed by atoms with E-state index in [0.717, 1.165) is 22.3 Å². The van der Waals surface area contributed by atoms with Crippen LogP contribution < -0.4 is 0 Å². The summed E-state index contributed by atoms with van der Waals surface area (Å²) in [5.41, 5.74) is 6.47. The summed E-state index contributed by atoms with van der Waals surface area (Å²) in [5.74, 6) is -2.73. The van der Waals surface area contributed by atoms with Crippen LogP contribution in [-0.4, -0.2) is 34.7 Å². The molecule has 258 valence electrons. The third-order valence-electron chi connectivity index (χ3n) is 8.46. The first-order valence-corrected chi connectivity index (χ1v) is 16.6. The molecule has 6 heteroatoms. The largest absolute Gasteiger partial charge is 0.285 e. The molecule has 52 heavy (non-hydrogen) atoms. The molecule has 0 spiro atoms. The number of rotatable bonds is 9. The standard InChI is InChI=1S/2C16H14O2.C14H10O2/c2*1-11-7-6-10-14(12(11)2)16(18)15(17)13-8-4-3-5-9-13;15-13(11-7-3-1-4-8-11)14(16)12-9-5-2-6-10-12/h2*3-10H,1-2H3;1-10H. The molecule has 0 unspecified atom stereocenters. The van der Waals surface area contributed by atoms with E-state index < -0.39 is 34.7 Å². The summed E-state index contributed by atoms with van der Waals surface area (Å²) >= 11 is 0. The number of carbonyl (C=O) groups excluding carboxylic acids is 6. The molecule has 0 amide bonds. The van der Waals surface area contributed by atoms with Crippen molar-refractivity contribution in [3.8, 4) is 0 Å². The van der Waals surface area contributed by atoms with Gasteiger partial charge in [-0.3, -0.25) is 28.8 Å². The normalized spacial score (nSPS) is 10.0. The minimum atomic E-state index is -0.466. The highest BCUT2D eigenvalue weighted by atomic mass is 16.2. The topological polar surface area (TPSA) is 102 Å². The molecule has 0 radical (unpaired) electrons. The Bertz CT molecular complexity index is 2040. The van der Waals surface area contributed by atoms with Crippen molar-refractivity contribution in [2.24, 2.45) is 0 Å². The third-order valence-corrected chi connectivity index (χ3v) is 8.46. The van der Waals surface area contributed by atoms with Gasteiger partial charge in [0.15, 0.2) is 0 Å². The fourth-order valence-corrected chi connectivity index (χ4v) is 5.12. The van der Waals surface area contributed by atoms with Gasteiger partial charge < -0.3 is 0 Å². The molecule has 0 N–H and O–H groups in total. The van der Waals surface area contributed by atoms with Crippen LogP contribution in [0.2, 0.25) is 0 Å². The van der Waals surface area contributed by atoms with Gasteiger partial charge in [0.05, 0.1) is 0 Å². The number of ketones is 6. The van der Waals surface area contributed by atoms with Gasteiger partial charge in [-0.15, -0.1) is 0 Å². The Labute approximate surface area is 303 Å². The van der Waals surface area contributed by atoms with Crippen LogP contribution in [0.4, 0.5) is 0 Å². The van der Waals surface area contributed by atoms with E-state index in [2.05, 4.69) is 0 Å². The lowest BCUT2D eigenvalue weighted by atomic mass is 9.95. The number of hydrogen-bond acceptors (Lipinski definition) is 6. The molecule has 0 heterocycles. The monoisotopic (exact) mass is 686 g/mol. The van der Waals surface area contributed by atoms with Crippen molar-refractivity contribution in [3.05, 3.63) is 213 Å². The number of hydrogen-bond donors (Lipinski definition) is 0. The Balaban J connectivity index is 0.000000175. The minimum Gasteiger partial charge on any atom is -0.285 e. The Morgan fingerprint density at radius 3 is 0.750 bits per heavy atom. The number of Topliss-reactive ketones (excluding diaryl/α,β-unsaturated/α-hetero) is 6. The number of carbonyl (C=O) groups is 6. The van der Waals surface area contributed by atoms with Crippen LogP contribution in [0.25, 0.3) is 0 Å². The maximum atomic E-state index is 12.2. The highest BCUT2D eigenvalue weighted by Crippen LogP contribution is 2.17. The lowest BCUT2D eigenvalue weighted by molar-refractivity contribution is 0.0816. The molecule has 0 saturated carbocycles. The van der Waals surface area contributed by atoms with Crippen molar-refractivity contribution < 1.29 is 28.8 Å². The Kier molecular flexibility index (Phi) is 13.5. The lowest BCUT2D eigenvalue weighted by Gasteiger charge is -2.06. The van der Waals surface area contributed by atoms with Crippen molar-refractivity contribution in [2.75, 3.05) is 0 Å². The van der Waals surface area contributed by atoms with E-state index in [9.17, 15) is 28.8 Å². The zero-order chi connectivity index (χ0) is 37.6. The van der Waals surface area contributed by atoms with Gasteiger partial charge in [0, 0.05) is 33.4 Å². The van der Waals surface area contributed by atoms with Crippen LogP contribution in [0.5, 0.6) is 0 Å². The van der Waals surface area contributed by atoms with Gasteiger partial charge in [0.2, 0.25) is 34.7 Å². The fourth-order valence-electron chi connectivity index (χ4n) is 5.12. The summed E-state index contributed by atoms with van der Waals surface area (Å²) in [6.45, 7) is 7.58. The maximum absolute atomic E-state index is 12.2. The van der Waals surface area contributed by atoms with Crippen molar-refractivity contribution in [2.45, 2.75) is 27.7 Å². The first-order valence-electron chi connectivity index (χ1n) is 16.6. The molecule has 6 aromatic carbocycles. The smallest absolute Gasteiger partial charge is 0.233 e. The average Bonchev–Trinajstić information content (AvgIpc) is 3.20. The molecular formula is C46H38O6. The van der Waals surface area contributed by atoms with Crippen LogP contribution in [0.3, 0.4) is 0 Å². The second kappa shape index (κ2) is 18.4. The van der Waals surface area contributed by atoms with Crippen LogP contribution in [0, 0.1) is 27.7 Å². The van der Waals surface area contributed by atoms with Crippen LogP contribution in [-0.2, 0) is 0 Å². The average molecular weight is 687 g/mol. The molecule has 6 nitrogen and oxygen atoms in total. The fraction of sp³-hybridized carbons (Fsp3) is 0.0870. The third kappa shape index (κ3) is 9.73. The van der Waals surface area contributed by atoms with E-state index in [4.69, 9.17) is 0 Å². The molecular weight excluding hydrogens is 648 g/mol. The summed E-state index contributed by atoms with van der Waals surface area (Å²) < 4.78 is 0. The Hall–Kier alpha value is -6.66. The minimum absolute atomic E-state index is 0.427. The van der Waals surface area contributed by atoms with E-state index >= 15 is 0 Å². The Morgan fingerprint density at radius 1 is 0.269 bits per heavy atom. The van der Waals surface area contributed by atoms with Gasteiger partial charge in [0.1, 0.15) is 0 Å². The van der Waals surface area contributed by atoms with E-state index in [1.807, 2.05) is 64.1 Å². The molecule has 0 bridgehead atoms. The van der Waals surface area contributed by atoms with E-state index in [1.54, 1.807) is 121 Å². The predicted molar refractivity (Wildman–Crippen MR) is 204 cm³/mol. The molecule has 6 rings (SSSR count). The summed E-state index contributed by atoms with van der Waals surface area (Å²) in [6.07, 6.45) is 0. The van der Waals surface area contributed by atoms with E-state index in [0.29, 0.717) is 33.4 Å². The summed E-state index contributed by atoms with van der Waals surface area (Å²) in [4.78, 5) is 72.0. The highest BCUT2D eigenvalue weighted by Gasteiger charge is 2.21. The van der Waals surface area contributed by atoms with Crippen molar-refractivity contribution in [1.29, 1.82) is 0 Å². The van der Waals surface area contributed by atoms with E-state index in [-0.39, 0.29) is 0 Å². The van der Waals surface area contributed by atoms with Gasteiger partial charge >= 0.3 is 0 Å². The molecule has 0 saturated heterocycles. The summed E-state index contributed by atoms with van der Waals surface area (Å²) in [7, 11) is 0. The van der Waals surface area contributed by atoms with Crippen molar-refractivity contribution in [3.63, 3.8) is 0 Å². The van der Waals surface area contributed by atoms with Gasteiger partial charge in [0.25, 0.3) is 0 Å². The quantitative estimate of drug-likeness (QED) is 0.111. The summed E-state index contributed by atoms with van der Waals surface area (Å²) in [5, 5.41) is 0. The molecule has 6 aromatic rings. The first kappa shape index (κ1) is 38.1. The number of aryl methyl sites for hydroxylation is 2. The molecule has 0 aliphatic rings. The van der Waals surface area contributed by atoms with Crippen molar-refractivity contribution >= 4 is 34.7 Å². The first-order chi connectivity index (χ1) is 25.0. The lowest BCUT2D eigenvalue weighted by Crippen LogP contribution is -2.15. The van der Waals surface area contributed by atoms with Crippen molar-refractivity contribution in [1.82, 2.24) is 0 Å². The highest BCUT2D eigenvalue weighted by molar-refractivity contribution is 6.50. The van der Waals surface area contributed by atoms with Gasteiger partial charge in [-0.25, -0.2) is 0 Å². The molecule has 0 aromatic heterocycles. The van der Waals surface area contributed by atoms with E-state index in [1.165, 1.54) is 0 Å². The van der Waals surface area contributed by atoms with Crippen LogP contribution in [0.1, 0.15) is 84.4 Å². The van der Waals surface area contributed by atoms with Gasteiger partial charge in [-0.2, -0.15) is 0 Å². The second-order valence-electron chi connectivity index (χ2n) is 11.9.